The van der Waals surface area contributed by atoms with E-state index in [9.17, 15) is 4.79 Å². The van der Waals surface area contributed by atoms with Crippen LogP contribution >= 0.6 is 0 Å². The predicted molar refractivity (Wildman–Crippen MR) is 113 cm³/mol. The van der Waals surface area contributed by atoms with Gasteiger partial charge in [0.2, 0.25) is 0 Å². The van der Waals surface area contributed by atoms with Crippen molar-refractivity contribution < 1.29 is 4.79 Å². The number of piperidine rings is 1. The number of aromatic nitrogens is 2. The Kier molecular flexibility index (Phi) is 5.58. The molecule has 1 aliphatic rings. The topological polar surface area (TPSA) is 62.2 Å². The Morgan fingerprint density at radius 3 is 2.82 bits per heavy atom. The molecular formula is C22H27N5O. The lowest BCUT2D eigenvalue weighted by Crippen LogP contribution is -2.35. The zero-order valence-corrected chi connectivity index (χ0v) is 16.3. The summed E-state index contributed by atoms with van der Waals surface area (Å²) in [5.74, 6) is 0.683. The Balaban J connectivity index is 1.30. The average Bonchev–Trinajstić information content (AvgIpc) is 3.13. The molecule has 28 heavy (non-hydrogen) atoms. The summed E-state index contributed by atoms with van der Waals surface area (Å²) in [7, 11) is 2.17. The molecule has 4 rings (SSSR count). The van der Waals surface area contributed by atoms with Crippen molar-refractivity contribution in [2.75, 3.05) is 32.0 Å². The zero-order valence-electron chi connectivity index (χ0n) is 16.3. The maximum absolute atomic E-state index is 12.2. The van der Waals surface area contributed by atoms with Gasteiger partial charge in [-0.1, -0.05) is 18.2 Å². The van der Waals surface area contributed by atoms with Crippen molar-refractivity contribution in [2.24, 2.45) is 5.92 Å². The van der Waals surface area contributed by atoms with Crippen LogP contribution in [0.1, 0.15) is 19.3 Å². The minimum atomic E-state index is -0.151. The Hall–Kier alpha value is -2.86. The first kappa shape index (κ1) is 18.5. The number of benzene rings is 2. The molecule has 2 amide bonds. The van der Waals surface area contributed by atoms with Gasteiger partial charge in [0, 0.05) is 24.2 Å². The van der Waals surface area contributed by atoms with E-state index in [1.807, 2.05) is 59.4 Å². The van der Waals surface area contributed by atoms with Crippen molar-refractivity contribution in [1.29, 1.82) is 0 Å². The molecule has 0 saturated carbocycles. The summed E-state index contributed by atoms with van der Waals surface area (Å²) in [5, 5.41) is 11.4. The van der Waals surface area contributed by atoms with Gasteiger partial charge < -0.3 is 15.5 Å². The molecule has 1 fully saturated rings. The summed E-state index contributed by atoms with van der Waals surface area (Å²) in [4.78, 5) is 14.5. The Bertz CT molecular complexity index is 934. The van der Waals surface area contributed by atoms with Gasteiger partial charge in [0.1, 0.15) is 0 Å². The maximum Gasteiger partial charge on any atom is 0.319 e. The Morgan fingerprint density at radius 2 is 2.00 bits per heavy atom. The van der Waals surface area contributed by atoms with Gasteiger partial charge in [-0.05, 0) is 69.1 Å². The number of carbonyl (C=O) groups excluding carboxylic acids is 1. The molecule has 0 bridgehead atoms. The number of hydrogen-bond acceptors (Lipinski definition) is 3. The van der Waals surface area contributed by atoms with Crippen molar-refractivity contribution >= 4 is 22.6 Å². The van der Waals surface area contributed by atoms with E-state index in [0.717, 1.165) is 35.2 Å². The highest BCUT2D eigenvalue weighted by atomic mass is 16.2. The van der Waals surface area contributed by atoms with Gasteiger partial charge in [0.25, 0.3) is 0 Å². The largest absolute Gasteiger partial charge is 0.338 e. The van der Waals surface area contributed by atoms with E-state index in [4.69, 9.17) is 0 Å². The van der Waals surface area contributed by atoms with Gasteiger partial charge in [0.05, 0.1) is 17.4 Å². The molecule has 1 aromatic heterocycles. The van der Waals surface area contributed by atoms with Crippen molar-refractivity contribution in [3.05, 3.63) is 54.7 Å². The van der Waals surface area contributed by atoms with Crippen molar-refractivity contribution in [1.82, 2.24) is 20.0 Å². The first-order chi connectivity index (χ1) is 13.7. The summed E-state index contributed by atoms with van der Waals surface area (Å²) in [6, 6.07) is 15.7. The molecule has 2 heterocycles. The van der Waals surface area contributed by atoms with E-state index in [1.165, 1.54) is 19.4 Å². The summed E-state index contributed by atoms with van der Waals surface area (Å²) < 4.78 is 1.90. The molecule has 1 unspecified atom stereocenters. The number of likely N-dealkylation sites (tertiary alicyclic amines) is 1. The minimum Gasteiger partial charge on any atom is -0.338 e. The average molecular weight is 377 g/mol. The fourth-order valence-electron chi connectivity index (χ4n) is 3.94. The van der Waals surface area contributed by atoms with Gasteiger partial charge in [-0.25, -0.2) is 9.48 Å². The van der Waals surface area contributed by atoms with Gasteiger partial charge in [-0.15, -0.1) is 0 Å². The molecule has 1 atom stereocenters. The quantitative estimate of drug-likeness (QED) is 0.709. The lowest BCUT2D eigenvalue weighted by atomic mass is 9.95. The number of amides is 2. The van der Waals surface area contributed by atoms with Crippen LogP contribution in [-0.2, 0) is 0 Å². The second kappa shape index (κ2) is 8.44. The number of carbonyl (C=O) groups is 1. The summed E-state index contributed by atoms with van der Waals surface area (Å²) in [6.45, 7) is 3.03. The highest BCUT2D eigenvalue weighted by Gasteiger charge is 2.16. The monoisotopic (exact) mass is 377 g/mol. The van der Waals surface area contributed by atoms with E-state index in [-0.39, 0.29) is 6.03 Å². The first-order valence-corrected chi connectivity index (χ1v) is 9.95. The molecule has 0 spiro atoms. The standard InChI is InChI=1S/C22H27N5O/c1-26-14-4-5-17(16-26)12-13-23-22(28)25-19-8-10-20(11-9-19)27-21-7-3-2-6-18(21)15-24-27/h2-3,6-11,15,17H,4-5,12-14,16H2,1H3,(H2,23,25,28). The third-order valence-corrected chi connectivity index (χ3v) is 5.41. The molecule has 0 radical (unpaired) electrons. The van der Waals surface area contributed by atoms with Gasteiger partial charge in [-0.3, -0.25) is 0 Å². The highest BCUT2D eigenvalue weighted by molar-refractivity contribution is 5.89. The SMILES string of the molecule is CN1CCCC(CCNC(=O)Nc2ccc(-n3ncc4ccccc43)cc2)C1. The van der Waals surface area contributed by atoms with Crippen LogP contribution in [-0.4, -0.2) is 47.4 Å². The van der Waals surface area contributed by atoms with Gasteiger partial charge in [-0.2, -0.15) is 5.10 Å². The molecule has 6 heteroatoms. The minimum absolute atomic E-state index is 0.151. The lowest BCUT2D eigenvalue weighted by Gasteiger charge is -2.29. The fourth-order valence-corrected chi connectivity index (χ4v) is 3.94. The third-order valence-electron chi connectivity index (χ3n) is 5.41. The van der Waals surface area contributed by atoms with Crippen LogP contribution in [0.5, 0.6) is 0 Å². The van der Waals surface area contributed by atoms with Crippen molar-refractivity contribution in [3.63, 3.8) is 0 Å². The maximum atomic E-state index is 12.2. The molecule has 0 aliphatic carbocycles. The van der Waals surface area contributed by atoms with Crippen LogP contribution in [0.2, 0.25) is 0 Å². The van der Waals surface area contributed by atoms with Crippen LogP contribution in [0.25, 0.3) is 16.6 Å². The van der Waals surface area contributed by atoms with Crippen LogP contribution in [0.15, 0.2) is 54.7 Å². The van der Waals surface area contributed by atoms with Gasteiger partial charge in [0.15, 0.2) is 0 Å². The number of rotatable bonds is 5. The summed E-state index contributed by atoms with van der Waals surface area (Å²) >= 11 is 0. The molecule has 146 valence electrons. The predicted octanol–water partition coefficient (Wildman–Crippen LogP) is 3.88. The lowest BCUT2D eigenvalue weighted by molar-refractivity contribution is 0.201. The molecule has 6 nitrogen and oxygen atoms in total. The normalized spacial score (nSPS) is 17.5. The molecular weight excluding hydrogens is 350 g/mol. The molecule has 1 saturated heterocycles. The first-order valence-electron chi connectivity index (χ1n) is 9.95. The van der Waals surface area contributed by atoms with Crippen LogP contribution in [0.3, 0.4) is 0 Å². The Morgan fingerprint density at radius 1 is 1.18 bits per heavy atom. The number of para-hydroxylation sites is 1. The second-order valence-electron chi connectivity index (χ2n) is 7.60. The number of nitrogens with one attached hydrogen (secondary N) is 2. The number of urea groups is 1. The zero-order chi connectivity index (χ0) is 19.3. The fraction of sp³-hybridized carbons (Fsp3) is 0.364. The summed E-state index contributed by atoms with van der Waals surface area (Å²) in [5.41, 5.74) is 2.80. The van der Waals surface area contributed by atoms with E-state index < -0.39 is 0 Å². The van der Waals surface area contributed by atoms with E-state index >= 15 is 0 Å². The van der Waals surface area contributed by atoms with Crippen LogP contribution in [0, 0.1) is 5.92 Å². The number of fused-ring (bicyclic) bond motifs is 1. The number of anilines is 1. The smallest absolute Gasteiger partial charge is 0.319 e. The van der Waals surface area contributed by atoms with E-state index in [0.29, 0.717) is 12.5 Å². The molecule has 2 N–H and O–H groups in total. The third kappa shape index (κ3) is 4.34. The Labute approximate surface area is 165 Å². The van der Waals surface area contributed by atoms with Gasteiger partial charge >= 0.3 is 6.03 Å². The second-order valence-corrected chi connectivity index (χ2v) is 7.60. The molecule has 1 aliphatic heterocycles. The van der Waals surface area contributed by atoms with E-state index in [1.54, 1.807) is 0 Å². The summed E-state index contributed by atoms with van der Waals surface area (Å²) in [6.07, 6.45) is 5.41. The van der Waals surface area contributed by atoms with Crippen LogP contribution < -0.4 is 10.6 Å². The number of nitrogens with zero attached hydrogens (tertiary/aromatic N) is 3. The molecule has 3 aromatic rings. The van der Waals surface area contributed by atoms with E-state index in [2.05, 4.69) is 27.7 Å². The molecule has 2 aromatic carbocycles. The number of hydrogen-bond donors (Lipinski definition) is 2. The van der Waals surface area contributed by atoms with Crippen LogP contribution in [0.4, 0.5) is 10.5 Å². The highest BCUT2D eigenvalue weighted by Crippen LogP contribution is 2.20. The van der Waals surface area contributed by atoms with Crippen molar-refractivity contribution in [2.45, 2.75) is 19.3 Å². The van der Waals surface area contributed by atoms with Crippen molar-refractivity contribution in [3.8, 4) is 5.69 Å².